The van der Waals surface area contributed by atoms with E-state index in [-0.39, 0.29) is 0 Å². The van der Waals surface area contributed by atoms with Gasteiger partial charge in [-0.05, 0) is 142 Å². The van der Waals surface area contributed by atoms with Gasteiger partial charge in [-0.1, -0.05) is 255 Å². The molecule has 0 N–H and O–H groups in total. The Kier molecular flexibility index (Phi) is 13.6. The number of hydrogen-bond acceptors (Lipinski definition) is 4. The van der Waals surface area contributed by atoms with Crippen molar-refractivity contribution in [3.05, 3.63) is 376 Å². The summed E-state index contributed by atoms with van der Waals surface area (Å²) in [7, 11) is 0. The first-order valence-electron chi connectivity index (χ1n) is 37.5. The van der Waals surface area contributed by atoms with Crippen molar-refractivity contribution in [1.29, 1.82) is 0 Å². The highest BCUT2D eigenvalue weighted by Gasteiger charge is 2.25. The molecule has 0 aliphatic carbocycles. The van der Waals surface area contributed by atoms with Crippen molar-refractivity contribution in [2.75, 3.05) is 0 Å². The Morgan fingerprint density at radius 3 is 1.09 bits per heavy atom. The first-order valence-corrected chi connectivity index (χ1v) is 37.5. The molecule has 0 saturated carbocycles. The van der Waals surface area contributed by atoms with Crippen LogP contribution in [0.2, 0.25) is 0 Å². The molecule has 0 amide bonds. The quantitative estimate of drug-likeness (QED) is 0.118. The number of rotatable bonds is 7. The smallest absolute Gasteiger partial charge is 0.0978 e. The number of pyridine rings is 4. The monoisotopic (exact) mass is 1400 g/mol. The normalized spacial score (nSPS) is 12.0. The molecule has 0 atom stereocenters. The van der Waals surface area contributed by atoms with E-state index in [1.54, 1.807) is 0 Å². The van der Waals surface area contributed by atoms with Gasteiger partial charge in [0.1, 0.15) is 0 Å². The van der Waals surface area contributed by atoms with E-state index in [9.17, 15) is 0 Å². The largest absolute Gasteiger partial charge is 0.309 e. The van der Waals surface area contributed by atoms with Crippen LogP contribution in [0.4, 0.5) is 0 Å². The second-order valence-corrected chi connectivity index (χ2v) is 28.7. The van der Waals surface area contributed by atoms with E-state index >= 15 is 0 Å². The molecule has 8 heteroatoms. The molecule has 0 saturated heterocycles. The Bertz CT molecular complexity index is 7910. The standard InChI is InChI=1S/C56H34N4.C46H28N4/c1-2-14-37(15-3-1)59-50-22-10-7-18-42(50)45-32-33-46-43-19-8-11-23-51(43)60(56(46)55(45)59)38-27-24-35(25-28-38)39-30-31-44(41-17-5-4-16-40(39)41)52-47-20-6-9-21-49(47)58-54-48(52)29-26-36-13-12-34-57-53(36)54;1-5-15-39-36(14-1)44(37-25-21-30-10-9-27-47-45(30)46(37)48-39)29-19-22-31(23-20-29)49-42-18-8-4-13-35(42)38-28-32(24-26-43(38)49)50-40-16-6-2-11-33(40)34-12-3-7-17-41(34)50/h1-34H;1-28H. The molecular formula is C102H62N8. The molecule has 510 valence electrons. The van der Waals surface area contributed by atoms with Gasteiger partial charge in [-0.2, -0.15) is 0 Å². The SMILES string of the molecule is c1ccc(-n2c3ccccc3c3ccc4c5ccccc5n(-c5ccc(-c6ccc(-c7c8ccccc8nc8c7ccc7cccnc78)c7ccccc67)cc5)c4c32)cc1.c1cnc2c(c1)ccc1c(-c3ccc(-n4c5ccccc5c5cc(-n6c7ccccc7c7ccccc76)ccc54)cc3)c3ccccc3nc12. The van der Waals surface area contributed by atoms with Crippen molar-refractivity contribution in [1.82, 2.24) is 38.2 Å². The minimum absolute atomic E-state index is 0.925. The van der Waals surface area contributed by atoms with Gasteiger partial charge < -0.3 is 18.3 Å². The zero-order valence-corrected chi connectivity index (χ0v) is 59.4. The molecule has 0 aliphatic heterocycles. The van der Waals surface area contributed by atoms with Gasteiger partial charge in [0, 0.05) is 122 Å². The third-order valence-corrected chi connectivity index (χ3v) is 22.9. The summed E-state index contributed by atoms with van der Waals surface area (Å²) in [6, 6.07) is 131. The van der Waals surface area contributed by atoms with Gasteiger partial charge in [0.25, 0.3) is 0 Å². The van der Waals surface area contributed by atoms with E-state index in [0.717, 1.165) is 93.7 Å². The number of fused-ring (bicyclic) bond motifs is 22. The van der Waals surface area contributed by atoms with Crippen LogP contribution >= 0.6 is 0 Å². The highest BCUT2D eigenvalue weighted by molar-refractivity contribution is 6.25. The molecule has 110 heavy (non-hydrogen) atoms. The number of nitrogens with zero attached hydrogens (tertiary/aromatic N) is 8. The Morgan fingerprint density at radius 1 is 0.191 bits per heavy atom. The van der Waals surface area contributed by atoms with Crippen molar-refractivity contribution >= 4 is 163 Å². The molecule has 0 radical (unpaired) electrons. The lowest BCUT2D eigenvalue weighted by molar-refractivity contribution is 1.15. The van der Waals surface area contributed by atoms with Crippen LogP contribution in [0.1, 0.15) is 0 Å². The summed E-state index contributed by atoms with van der Waals surface area (Å²) in [4.78, 5) is 19.8. The second kappa shape index (κ2) is 24.3. The van der Waals surface area contributed by atoms with Crippen LogP contribution in [-0.4, -0.2) is 38.2 Å². The molecule has 24 rings (SSSR count). The maximum Gasteiger partial charge on any atom is 0.0978 e. The number of para-hydroxylation sites is 8. The van der Waals surface area contributed by atoms with Gasteiger partial charge in [0.05, 0.1) is 77.2 Å². The van der Waals surface area contributed by atoms with Crippen LogP contribution in [0.25, 0.3) is 220 Å². The summed E-state index contributed by atoms with van der Waals surface area (Å²) in [5.41, 5.74) is 26.9. The van der Waals surface area contributed by atoms with Crippen molar-refractivity contribution in [3.8, 4) is 56.1 Å². The van der Waals surface area contributed by atoms with Gasteiger partial charge >= 0.3 is 0 Å². The average Bonchev–Trinajstić information content (AvgIpc) is 1.50. The summed E-state index contributed by atoms with van der Waals surface area (Å²) < 4.78 is 9.70. The Labute approximate surface area is 630 Å². The first-order chi connectivity index (χ1) is 54.6. The van der Waals surface area contributed by atoms with Gasteiger partial charge in [-0.25, -0.2) is 9.97 Å². The summed E-state index contributed by atoms with van der Waals surface area (Å²) in [6.45, 7) is 0. The number of aromatic nitrogens is 8. The van der Waals surface area contributed by atoms with E-state index in [0.29, 0.717) is 0 Å². The highest BCUT2D eigenvalue weighted by atomic mass is 15.0. The highest BCUT2D eigenvalue weighted by Crippen LogP contribution is 2.47. The summed E-state index contributed by atoms with van der Waals surface area (Å²) in [5, 5.41) is 19.1. The van der Waals surface area contributed by atoms with Gasteiger partial charge in [-0.15, -0.1) is 0 Å². The maximum absolute atomic E-state index is 5.19. The number of benzene rings is 16. The molecule has 8 aromatic heterocycles. The molecule has 0 spiro atoms. The molecule has 0 unspecified atom stereocenters. The fourth-order valence-corrected chi connectivity index (χ4v) is 18.1. The van der Waals surface area contributed by atoms with Crippen molar-refractivity contribution in [2.24, 2.45) is 0 Å². The maximum atomic E-state index is 5.19. The van der Waals surface area contributed by atoms with Crippen molar-refractivity contribution < 1.29 is 0 Å². The number of hydrogen-bond donors (Lipinski definition) is 0. The lowest BCUT2D eigenvalue weighted by Gasteiger charge is -2.17. The van der Waals surface area contributed by atoms with Crippen molar-refractivity contribution in [2.45, 2.75) is 0 Å². The second-order valence-electron chi connectivity index (χ2n) is 28.7. The summed E-state index contributed by atoms with van der Waals surface area (Å²) >= 11 is 0. The van der Waals surface area contributed by atoms with Crippen LogP contribution in [0.15, 0.2) is 376 Å². The fraction of sp³-hybridized carbons (Fsp3) is 0. The van der Waals surface area contributed by atoms with E-state index in [4.69, 9.17) is 19.9 Å². The zero-order chi connectivity index (χ0) is 72.1. The third kappa shape index (κ3) is 9.27. The molecular weight excluding hydrogens is 1340 g/mol. The van der Waals surface area contributed by atoms with Gasteiger partial charge in [-0.3, -0.25) is 9.97 Å². The molecule has 0 fully saturated rings. The lowest BCUT2D eigenvalue weighted by atomic mass is 9.88. The van der Waals surface area contributed by atoms with Crippen LogP contribution < -0.4 is 0 Å². The molecule has 8 heterocycles. The van der Waals surface area contributed by atoms with Crippen LogP contribution in [0.5, 0.6) is 0 Å². The van der Waals surface area contributed by atoms with E-state index in [2.05, 4.69) is 370 Å². The molecule has 8 nitrogen and oxygen atoms in total. The minimum Gasteiger partial charge on any atom is -0.309 e. The molecule has 0 bridgehead atoms. The predicted octanol–water partition coefficient (Wildman–Crippen LogP) is 26.4. The Balaban J connectivity index is 0.000000134. The Hall–Kier alpha value is -14.9. The van der Waals surface area contributed by atoms with Gasteiger partial charge in [0.15, 0.2) is 0 Å². The molecule has 24 aromatic rings. The van der Waals surface area contributed by atoms with E-state index in [1.807, 2.05) is 24.5 Å². The summed E-state index contributed by atoms with van der Waals surface area (Å²) in [6.07, 6.45) is 3.71. The van der Waals surface area contributed by atoms with Crippen LogP contribution in [0, 0.1) is 0 Å². The third-order valence-electron chi connectivity index (χ3n) is 22.9. The first kappa shape index (κ1) is 61.4. The van der Waals surface area contributed by atoms with E-state index in [1.165, 1.54) is 126 Å². The molecule has 16 aromatic carbocycles. The lowest BCUT2D eigenvalue weighted by Crippen LogP contribution is -1.98. The molecule has 0 aliphatic rings. The van der Waals surface area contributed by atoms with Gasteiger partial charge in [0.2, 0.25) is 0 Å². The topological polar surface area (TPSA) is 71.3 Å². The van der Waals surface area contributed by atoms with Crippen LogP contribution in [-0.2, 0) is 0 Å². The van der Waals surface area contributed by atoms with Crippen LogP contribution in [0.3, 0.4) is 0 Å². The van der Waals surface area contributed by atoms with Crippen molar-refractivity contribution in [3.63, 3.8) is 0 Å². The summed E-state index contributed by atoms with van der Waals surface area (Å²) in [5.74, 6) is 0. The fourth-order valence-electron chi connectivity index (χ4n) is 18.1. The zero-order valence-electron chi connectivity index (χ0n) is 59.4. The average molecular weight is 1400 g/mol. The minimum atomic E-state index is 0.925. The van der Waals surface area contributed by atoms with E-state index < -0.39 is 0 Å². The predicted molar refractivity (Wildman–Crippen MR) is 460 cm³/mol. The Morgan fingerprint density at radius 2 is 0.555 bits per heavy atom.